The minimum atomic E-state index is -0.612. The Morgan fingerprint density at radius 2 is 1.90 bits per heavy atom. The van der Waals surface area contributed by atoms with Gasteiger partial charge in [0, 0.05) is 11.3 Å². The van der Waals surface area contributed by atoms with Gasteiger partial charge in [-0.1, -0.05) is 31.5 Å². The highest BCUT2D eigenvalue weighted by atomic mass is 32.1. The van der Waals surface area contributed by atoms with Gasteiger partial charge in [-0.25, -0.2) is 10.2 Å². The molecule has 0 saturated heterocycles. The van der Waals surface area contributed by atoms with E-state index in [2.05, 4.69) is 28.1 Å². The number of amides is 1. The van der Waals surface area contributed by atoms with E-state index in [1.54, 1.807) is 51.3 Å². The van der Waals surface area contributed by atoms with Crippen molar-refractivity contribution in [2.45, 2.75) is 39.7 Å². The summed E-state index contributed by atoms with van der Waals surface area (Å²) in [5.74, 6) is 0.718. The molecular formula is C28H34N4O6S. The zero-order valence-electron chi connectivity index (χ0n) is 22.5. The SMILES string of the molecule is CCCCOc1ccc(C=NNC(=O)COc2ccccc2[C@@H]2NC(=S)NC(C)=C2C(=O)OCC)cc1OC. The van der Waals surface area contributed by atoms with E-state index in [0.29, 0.717) is 45.8 Å². The fourth-order valence-electron chi connectivity index (χ4n) is 3.82. The number of ether oxygens (including phenoxy) is 4. The summed E-state index contributed by atoms with van der Waals surface area (Å²) in [5.41, 5.74) is 4.78. The summed E-state index contributed by atoms with van der Waals surface area (Å²) >= 11 is 5.30. The first-order chi connectivity index (χ1) is 18.9. The number of hydrazone groups is 1. The third-order valence-electron chi connectivity index (χ3n) is 5.70. The van der Waals surface area contributed by atoms with Crippen LogP contribution in [0.4, 0.5) is 0 Å². The zero-order valence-corrected chi connectivity index (χ0v) is 23.4. The maximum absolute atomic E-state index is 12.7. The number of para-hydroxylation sites is 1. The first kappa shape index (κ1) is 29.4. The van der Waals surface area contributed by atoms with Crippen molar-refractivity contribution >= 4 is 35.4 Å². The fraction of sp³-hybridized carbons (Fsp3) is 0.357. The quantitative estimate of drug-likeness (QED) is 0.112. The number of unbranched alkanes of at least 4 members (excludes halogenated alkanes) is 1. The van der Waals surface area contributed by atoms with Crippen LogP contribution in [0, 0.1) is 0 Å². The van der Waals surface area contributed by atoms with Crippen molar-refractivity contribution in [3.63, 3.8) is 0 Å². The summed E-state index contributed by atoms with van der Waals surface area (Å²) in [6, 6.07) is 11.9. The highest BCUT2D eigenvalue weighted by Gasteiger charge is 2.32. The molecule has 3 rings (SSSR count). The van der Waals surface area contributed by atoms with E-state index in [4.69, 9.17) is 31.2 Å². The lowest BCUT2D eigenvalue weighted by atomic mass is 9.95. The first-order valence-electron chi connectivity index (χ1n) is 12.7. The molecule has 0 fully saturated rings. The monoisotopic (exact) mass is 554 g/mol. The molecule has 1 aliphatic rings. The van der Waals surface area contributed by atoms with Gasteiger partial charge in [-0.15, -0.1) is 0 Å². The van der Waals surface area contributed by atoms with Crippen molar-refractivity contribution in [3.05, 3.63) is 64.9 Å². The van der Waals surface area contributed by atoms with Crippen molar-refractivity contribution < 1.29 is 28.5 Å². The summed E-state index contributed by atoms with van der Waals surface area (Å²) in [5, 5.41) is 10.4. The second-order valence-corrected chi connectivity index (χ2v) is 8.93. The van der Waals surface area contributed by atoms with Crippen LogP contribution < -0.4 is 30.3 Å². The summed E-state index contributed by atoms with van der Waals surface area (Å²) < 4.78 is 22.2. The van der Waals surface area contributed by atoms with Crippen molar-refractivity contribution in [2.75, 3.05) is 26.9 Å². The van der Waals surface area contributed by atoms with Gasteiger partial charge in [0.15, 0.2) is 23.2 Å². The Kier molecular flexibility index (Phi) is 11.1. The second-order valence-electron chi connectivity index (χ2n) is 8.52. The molecule has 0 bridgehead atoms. The van der Waals surface area contributed by atoms with Crippen molar-refractivity contribution in [3.8, 4) is 17.2 Å². The van der Waals surface area contributed by atoms with E-state index in [-0.39, 0.29) is 13.2 Å². The van der Waals surface area contributed by atoms with Crippen LogP contribution >= 0.6 is 12.2 Å². The van der Waals surface area contributed by atoms with Gasteiger partial charge >= 0.3 is 5.97 Å². The van der Waals surface area contributed by atoms with Crippen LogP contribution in [0.15, 0.2) is 58.8 Å². The molecule has 1 amide bonds. The molecule has 0 saturated carbocycles. The topological polar surface area (TPSA) is 120 Å². The zero-order chi connectivity index (χ0) is 28.2. The molecule has 0 radical (unpaired) electrons. The molecule has 3 N–H and O–H groups in total. The van der Waals surface area contributed by atoms with E-state index >= 15 is 0 Å². The van der Waals surface area contributed by atoms with Gasteiger partial charge in [-0.05, 0) is 62.3 Å². The summed E-state index contributed by atoms with van der Waals surface area (Å²) in [4.78, 5) is 25.1. The van der Waals surface area contributed by atoms with E-state index in [0.717, 1.165) is 18.4 Å². The molecule has 2 aromatic rings. The Balaban J connectivity index is 1.65. The van der Waals surface area contributed by atoms with Crippen molar-refractivity contribution in [2.24, 2.45) is 5.10 Å². The lowest BCUT2D eigenvalue weighted by Crippen LogP contribution is -2.45. The van der Waals surface area contributed by atoms with E-state index < -0.39 is 17.9 Å². The summed E-state index contributed by atoms with van der Waals surface area (Å²) in [7, 11) is 1.57. The predicted octanol–water partition coefficient (Wildman–Crippen LogP) is 3.76. The lowest BCUT2D eigenvalue weighted by Gasteiger charge is -2.30. The molecule has 1 heterocycles. The number of esters is 1. The number of hydrogen-bond acceptors (Lipinski definition) is 8. The second kappa shape index (κ2) is 14.7. The standard InChI is InChI=1S/C28H34N4O6S/c1-5-7-14-37-22-13-12-19(15-23(22)35-4)16-29-32-24(33)17-38-21-11-9-8-10-20(21)26-25(27(34)36-6-2)18(3)30-28(39)31-26/h8-13,15-16,26H,5-7,14,17H2,1-4H3,(H,32,33)(H2,30,31,39)/t26-/m0/s1. The van der Waals surface area contributed by atoms with Crippen LogP contribution in [0.2, 0.25) is 0 Å². The molecule has 10 nitrogen and oxygen atoms in total. The van der Waals surface area contributed by atoms with Crippen molar-refractivity contribution in [1.29, 1.82) is 0 Å². The smallest absolute Gasteiger partial charge is 0.338 e. The van der Waals surface area contributed by atoms with E-state index in [1.807, 2.05) is 12.1 Å². The number of thiocarbonyl (C=S) groups is 1. The minimum absolute atomic E-state index is 0.231. The summed E-state index contributed by atoms with van der Waals surface area (Å²) in [6.07, 6.45) is 3.50. The van der Waals surface area contributed by atoms with Crippen LogP contribution in [0.25, 0.3) is 0 Å². The number of nitrogens with zero attached hydrogens (tertiary/aromatic N) is 1. The van der Waals surface area contributed by atoms with Gasteiger partial charge in [-0.2, -0.15) is 5.10 Å². The molecular weight excluding hydrogens is 520 g/mol. The Bertz CT molecular complexity index is 1250. The first-order valence-corrected chi connectivity index (χ1v) is 13.1. The van der Waals surface area contributed by atoms with Gasteiger partial charge in [0.05, 0.1) is 38.2 Å². The Hall–Kier alpha value is -4.12. The van der Waals surface area contributed by atoms with Gasteiger partial charge in [0.25, 0.3) is 5.91 Å². The third-order valence-corrected chi connectivity index (χ3v) is 5.92. The van der Waals surface area contributed by atoms with Gasteiger partial charge in [0.1, 0.15) is 5.75 Å². The number of benzene rings is 2. The Morgan fingerprint density at radius 3 is 2.64 bits per heavy atom. The maximum Gasteiger partial charge on any atom is 0.338 e. The number of carbonyl (C=O) groups is 2. The highest BCUT2D eigenvalue weighted by molar-refractivity contribution is 7.80. The van der Waals surface area contributed by atoms with Gasteiger partial charge < -0.3 is 29.6 Å². The number of rotatable bonds is 13. The van der Waals surface area contributed by atoms with Crippen LogP contribution in [0.5, 0.6) is 17.2 Å². The molecule has 11 heteroatoms. The molecule has 0 aliphatic carbocycles. The fourth-order valence-corrected chi connectivity index (χ4v) is 4.09. The van der Waals surface area contributed by atoms with Gasteiger partial charge in [-0.3, -0.25) is 4.79 Å². The molecule has 0 aromatic heterocycles. The highest BCUT2D eigenvalue weighted by Crippen LogP contribution is 2.33. The van der Waals surface area contributed by atoms with Gasteiger partial charge in [0.2, 0.25) is 0 Å². The normalized spacial score (nSPS) is 14.9. The van der Waals surface area contributed by atoms with Crippen LogP contribution in [0.3, 0.4) is 0 Å². The van der Waals surface area contributed by atoms with E-state index in [1.165, 1.54) is 6.21 Å². The average Bonchev–Trinajstić information content (AvgIpc) is 2.92. The molecule has 1 aliphatic heterocycles. The Labute approximate surface area is 233 Å². The molecule has 0 unspecified atom stereocenters. The average molecular weight is 555 g/mol. The largest absolute Gasteiger partial charge is 0.493 e. The molecule has 39 heavy (non-hydrogen) atoms. The molecule has 1 atom stereocenters. The Morgan fingerprint density at radius 1 is 1.10 bits per heavy atom. The number of carbonyl (C=O) groups excluding carboxylic acids is 2. The third kappa shape index (κ3) is 8.18. The van der Waals surface area contributed by atoms with E-state index in [9.17, 15) is 9.59 Å². The number of methoxy groups -OCH3 is 1. The number of allylic oxidation sites excluding steroid dienone is 1. The maximum atomic E-state index is 12.7. The number of nitrogens with one attached hydrogen (secondary N) is 3. The lowest BCUT2D eigenvalue weighted by molar-refractivity contribution is -0.139. The molecule has 208 valence electrons. The van der Waals surface area contributed by atoms with Crippen molar-refractivity contribution in [1.82, 2.24) is 16.1 Å². The van der Waals surface area contributed by atoms with Crippen LogP contribution in [-0.4, -0.2) is 50.1 Å². The predicted molar refractivity (Wildman–Crippen MR) is 152 cm³/mol. The number of hydrogen-bond donors (Lipinski definition) is 3. The van der Waals surface area contributed by atoms with Crippen LogP contribution in [-0.2, 0) is 14.3 Å². The molecule has 2 aromatic carbocycles. The minimum Gasteiger partial charge on any atom is -0.493 e. The summed E-state index contributed by atoms with van der Waals surface area (Å²) in [6.45, 7) is 6.14. The molecule has 0 spiro atoms. The van der Waals surface area contributed by atoms with Crippen LogP contribution in [0.1, 0.15) is 50.8 Å².